The second-order valence-corrected chi connectivity index (χ2v) is 7.08. The molecule has 0 saturated heterocycles. The van der Waals surface area contributed by atoms with Crippen molar-refractivity contribution in [3.8, 4) is 0 Å². The first-order valence-electron chi connectivity index (χ1n) is 8.40. The van der Waals surface area contributed by atoms with Gasteiger partial charge in [-0.3, -0.25) is 4.98 Å². The number of pyridine rings is 1. The lowest BCUT2D eigenvalue weighted by molar-refractivity contribution is 0.516. The molecule has 0 aliphatic rings. The molecule has 2 nitrogen and oxygen atoms in total. The highest BCUT2D eigenvalue weighted by Crippen LogP contribution is 2.31. The Balaban J connectivity index is 2.61. The average molecular weight is 320 g/mol. The molecule has 126 valence electrons. The van der Waals surface area contributed by atoms with Crippen molar-refractivity contribution in [2.75, 3.05) is 12.4 Å². The summed E-state index contributed by atoms with van der Waals surface area (Å²) >= 11 is 0. The lowest BCUT2D eigenvalue weighted by atomic mass is 9.84. The number of aromatic nitrogens is 1. The molecule has 1 aromatic heterocycles. The first-order valence-corrected chi connectivity index (χ1v) is 8.40. The minimum atomic E-state index is 0.108. The van der Waals surface area contributed by atoms with Crippen LogP contribution in [0.2, 0.25) is 0 Å². The van der Waals surface area contributed by atoms with E-state index in [1.165, 1.54) is 22.1 Å². The first-order chi connectivity index (χ1) is 11.3. The quantitative estimate of drug-likeness (QED) is 0.684. The maximum atomic E-state index is 4.54. The van der Waals surface area contributed by atoms with E-state index < -0.39 is 0 Å². The van der Waals surface area contributed by atoms with Gasteiger partial charge in [-0.1, -0.05) is 51.6 Å². The lowest BCUT2D eigenvalue weighted by Crippen LogP contribution is -2.07. The van der Waals surface area contributed by atoms with Gasteiger partial charge in [0.25, 0.3) is 0 Å². The SMILES string of the molecule is C=C/C(=C\C(=C/C)C(C)(C)C)c1ccc2ncc(NC)c(C)c2c1. The van der Waals surface area contributed by atoms with Crippen LogP contribution in [0.3, 0.4) is 0 Å². The number of hydrogen-bond acceptors (Lipinski definition) is 2. The van der Waals surface area contributed by atoms with Crippen LogP contribution in [-0.4, -0.2) is 12.0 Å². The minimum Gasteiger partial charge on any atom is -0.387 e. The van der Waals surface area contributed by atoms with Crippen LogP contribution in [-0.2, 0) is 0 Å². The van der Waals surface area contributed by atoms with Gasteiger partial charge in [-0.15, -0.1) is 0 Å². The zero-order chi connectivity index (χ0) is 17.9. The summed E-state index contributed by atoms with van der Waals surface area (Å²) in [6.07, 6.45) is 8.23. The Bertz CT molecular complexity index is 818. The molecular formula is C22H28N2. The van der Waals surface area contributed by atoms with E-state index in [0.717, 1.165) is 16.8 Å². The van der Waals surface area contributed by atoms with Crippen molar-refractivity contribution in [3.05, 3.63) is 65.9 Å². The Hall–Kier alpha value is -2.35. The highest BCUT2D eigenvalue weighted by atomic mass is 14.8. The van der Waals surface area contributed by atoms with Gasteiger partial charge < -0.3 is 5.32 Å². The second kappa shape index (κ2) is 7.04. The Labute approximate surface area is 146 Å². The summed E-state index contributed by atoms with van der Waals surface area (Å²) in [5, 5.41) is 4.38. The van der Waals surface area contributed by atoms with Gasteiger partial charge >= 0.3 is 0 Å². The standard InChI is InChI=1S/C22H28N2/c1-8-16(12-18(9-2)22(4,5)6)17-10-11-20-19(13-17)15(3)21(23-7)14-24-20/h8-14,23H,1H2,2-7H3/b16-12+,18-9+. The fourth-order valence-electron chi connectivity index (χ4n) is 2.92. The summed E-state index contributed by atoms with van der Waals surface area (Å²) in [5.41, 5.74) is 7.00. The van der Waals surface area contributed by atoms with E-state index in [1.54, 1.807) is 0 Å². The lowest BCUT2D eigenvalue weighted by Gasteiger charge is -2.21. The van der Waals surface area contributed by atoms with Gasteiger partial charge in [0.1, 0.15) is 0 Å². The van der Waals surface area contributed by atoms with Crippen LogP contribution >= 0.6 is 0 Å². The Morgan fingerprint density at radius 1 is 1.25 bits per heavy atom. The van der Waals surface area contributed by atoms with Crippen LogP contribution in [0.1, 0.15) is 38.8 Å². The highest BCUT2D eigenvalue weighted by molar-refractivity contribution is 5.90. The van der Waals surface area contributed by atoms with E-state index in [9.17, 15) is 0 Å². The molecule has 2 rings (SSSR count). The van der Waals surface area contributed by atoms with Crippen LogP contribution in [0.4, 0.5) is 5.69 Å². The third kappa shape index (κ3) is 3.59. The maximum absolute atomic E-state index is 4.54. The van der Waals surface area contributed by atoms with E-state index in [4.69, 9.17) is 0 Å². The van der Waals surface area contributed by atoms with Gasteiger partial charge in [-0.2, -0.15) is 0 Å². The number of aryl methyl sites for hydroxylation is 1. The number of benzene rings is 1. The molecule has 0 amide bonds. The van der Waals surface area contributed by atoms with E-state index >= 15 is 0 Å². The molecule has 0 fully saturated rings. The van der Waals surface area contributed by atoms with E-state index in [-0.39, 0.29) is 5.41 Å². The van der Waals surface area contributed by atoms with Crippen LogP contribution in [0.25, 0.3) is 16.5 Å². The topological polar surface area (TPSA) is 24.9 Å². The molecule has 0 saturated carbocycles. The van der Waals surface area contributed by atoms with Crippen LogP contribution < -0.4 is 5.32 Å². The summed E-state index contributed by atoms with van der Waals surface area (Å²) < 4.78 is 0. The minimum absolute atomic E-state index is 0.108. The molecule has 0 unspecified atom stereocenters. The molecule has 0 spiro atoms. The van der Waals surface area contributed by atoms with Gasteiger partial charge in [-0.25, -0.2) is 0 Å². The summed E-state index contributed by atoms with van der Waals surface area (Å²) in [4.78, 5) is 4.54. The summed E-state index contributed by atoms with van der Waals surface area (Å²) in [6.45, 7) is 14.9. The Morgan fingerprint density at radius 2 is 1.96 bits per heavy atom. The summed E-state index contributed by atoms with van der Waals surface area (Å²) in [7, 11) is 1.93. The fourth-order valence-corrected chi connectivity index (χ4v) is 2.92. The average Bonchev–Trinajstić information content (AvgIpc) is 2.55. The van der Waals surface area contributed by atoms with E-state index in [1.807, 2.05) is 19.3 Å². The molecule has 0 atom stereocenters. The molecule has 24 heavy (non-hydrogen) atoms. The monoisotopic (exact) mass is 320 g/mol. The molecule has 2 aromatic rings. The van der Waals surface area contributed by atoms with Crippen molar-refractivity contribution in [2.45, 2.75) is 34.6 Å². The van der Waals surface area contributed by atoms with E-state index in [0.29, 0.717) is 0 Å². The number of nitrogens with zero attached hydrogens (tertiary/aromatic N) is 1. The number of allylic oxidation sites excluding steroid dienone is 5. The molecule has 0 aliphatic carbocycles. The number of fused-ring (bicyclic) bond motifs is 1. The first kappa shape index (κ1) is 18.0. The smallest absolute Gasteiger partial charge is 0.0706 e. The zero-order valence-corrected chi connectivity index (χ0v) is 15.7. The summed E-state index contributed by atoms with van der Waals surface area (Å²) in [6, 6.07) is 6.42. The van der Waals surface area contributed by atoms with Crippen molar-refractivity contribution in [1.82, 2.24) is 4.98 Å². The number of rotatable bonds is 4. The molecule has 1 N–H and O–H groups in total. The third-order valence-corrected chi connectivity index (χ3v) is 4.45. The Morgan fingerprint density at radius 3 is 2.50 bits per heavy atom. The molecule has 1 aromatic carbocycles. The largest absolute Gasteiger partial charge is 0.387 e. The second-order valence-electron chi connectivity index (χ2n) is 7.08. The number of nitrogens with one attached hydrogen (secondary N) is 1. The number of hydrogen-bond donors (Lipinski definition) is 1. The van der Waals surface area contributed by atoms with Crippen molar-refractivity contribution < 1.29 is 0 Å². The van der Waals surface area contributed by atoms with Crippen molar-refractivity contribution >= 4 is 22.2 Å². The molecule has 0 radical (unpaired) electrons. The molecule has 0 aliphatic heterocycles. The molecule has 0 bridgehead atoms. The molecule has 1 heterocycles. The van der Waals surface area contributed by atoms with Gasteiger partial charge in [0, 0.05) is 12.4 Å². The molecule has 2 heteroatoms. The van der Waals surface area contributed by atoms with E-state index in [2.05, 4.69) is 81.8 Å². The highest BCUT2D eigenvalue weighted by Gasteiger charge is 2.15. The predicted molar refractivity (Wildman–Crippen MR) is 107 cm³/mol. The predicted octanol–water partition coefficient (Wildman–Crippen LogP) is 6.15. The van der Waals surface area contributed by atoms with Crippen LogP contribution in [0.15, 0.2) is 54.8 Å². The van der Waals surface area contributed by atoms with Gasteiger partial charge in [0.05, 0.1) is 17.4 Å². The fraction of sp³-hybridized carbons (Fsp3) is 0.318. The normalized spacial score (nSPS) is 13.2. The van der Waals surface area contributed by atoms with Gasteiger partial charge in [0.15, 0.2) is 0 Å². The molecular weight excluding hydrogens is 292 g/mol. The van der Waals surface area contributed by atoms with Crippen molar-refractivity contribution in [2.24, 2.45) is 5.41 Å². The van der Waals surface area contributed by atoms with Crippen LogP contribution in [0, 0.1) is 12.3 Å². The maximum Gasteiger partial charge on any atom is 0.0706 e. The van der Waals surface area contributed by atoms with Gasteiger partial charge in [0.2, 0.25) is 0 Å². The number of anilines is 1. The Kier molecular flexibility index (Phi) is 5.28. The van der Waals surface area contributed by atoms with Gasteiger partial charge in [-0.05, 0) is 53.7 Å². The zero-order valence-electron chi connectivity index (χ0n) is 15.7. The van der Waals surface area contributed by atoms with Crippen molar-refractivity contribution in [3.63, 3.8) is 0 Å². The summed E-state index contributed by atoms with van der Waals surface area (Å²) in [5.74, 6) is 0. The third-order valence-electron chi connectivity index (χ3n) is 4.45. The van der Waals surface area contributed by atoms with Crippen molar-refractivity contribution in [1.29, 1.82) is 0 Å². The van der Waals surface area contributed by atoms with Crippen LogP contribution in [0.5, 0.6) is 0 Å².